The summed E-state index contributed by atoms with van der Waals surface area (Å²) in [5, 5.41) is 3.51. The molecule has 21 heavy (non-hydrogen) atoms. The lowest BCUT2D eigenvalue weighted by molar-refractivity contribution is 0.318. The molecule has 0 radical (unpaired) electrons. The van der Waals surface area contributed by atoms with Gasteiger partial charge >= 0.3 is 0 Å². The molecule has 0 bridgehead atoms. The van der Waals surface area contributed by atoms with E-state index in [-0.39, 0.29) is 0 Å². The zero-order valence-electron chi connectivity index (χ0n) is 13.5. The monoisotopic (exact) mass is 283 g/mol. The van der Waals surface area contributed by atoms with Crippen molar-refractivity contribution in [2.24, 2.45) is 0 Å². The van der Waals surface area contributed by atoms with E-state index in [1.807, 2.05) is 0 Å². The van der Waals surface area contributed by atoms with Gasteiger partial charge in [0.1, 0.15) is 5.75 Å². The van der Waals surface area contributed by atoms with Crippen molar-refractivity contribution in [1.29, 1.82) is 0 Å². The molecule has 0 saturated heterocycles. The van der Waals surface area contributed by atoms with Crippen LogP contribution in [0.2, 0.25) is 0 Å². The van der Waals surface area contributed by atoms with Crippen LogP contribution in [0.4, 0.5) is 5.69 Å². The Kier molecular flexibility index (Phi) is 5.26. The normalized spacial score (nSPS) is 10.5. The molecular weight excluding hydrogens is 258 g/mol. The summed E-state index contributed by atoms with van der Waals surface area (Å²) in [6, 6.07) is 12.9. The molecule has 0 heterocycles. The number of hydrogen-bond donors (Lipinski definition) is 1. The van der Waals surface area contributed by atoms with Crippen molar-refractivity contribution in [1.82, 2.24) is 0 Å². The molecule has 2 heteroatoms. The van der Waals surface area contributed by atoms with E-state index >= 15 is 0 Å². The van der Waals surface area contributed by atoms with Gasteiger partial charge in [0.25, 0.3) is 0 Å². The minimum atomic E-state index is 0.752. The summed E-state index contributed by atoms with van der Waals surface area (Å²) >= 11 is 0. The number of hydrogen-bond acceptors (Lipinski definition) is 2. The molecule has 112 valence electrons. The van der Waals surface area contributed by atoms with Crippen LogP contribution in [0.15, 0.2) is 36.4 Å². The lowest BCUT2D eigenvalue weighted by atomic mass is 10.1. The first-order valence-corrected chi connectivity index (χ1v) is 7.63. The first-order chi connectivity index (χ1) is 10.1. The largest absolute Gasteiger partial charge is 0.491 e. The minimum Gasteiger partial charge on any atom is -0.491 e. The van der Waals surface area contributed by atoms with Crippen LogP contribution in [-0.4, -0.2) is 6.61 Å². The van der Waals surface area contributed by atoms with Gasteiger partial charge in [-0.1, -0.05) is 36.8 Å². The maximum Gasteiger partial charge on any atom is 0.142 e. The van der Waals surface area contributed by atoms with E-state index in [1.165, 1.54) is 22.3 Å². The number of benzene rings is 2. The predicted molar refractivity (Wildman–Crippen MR) is 90.2 cm³/mol. The minimum absolute atomic E-state index is 0.752. The standard InChI is InChI=1S/C19H25NO/c1-5-10-21-19-12-15(3)7-9-18(19)20-13-17-11-14(2)6-8-16(17)4/h6-9,11-12,20H,5,10,13H2,1-4H3. The van der Waals surface area contributed by atoms with Crippen LogP contribution in [0.25, 0.3) is 0 Å². The van der Waals surface area contributed by atoms with Gasteiger partial charge in [-0.2, -0.15) is 0 Å². The highest BCUT2D eigenvalue weighted by Gasteiger charge is 2.05. The SMILES string of the molecule is CCCOc1cc(C)ccc1NCc1cc(C)ccc1C. The van der Waals surface area contributed by atoms with Gasteiger partial charge < -0.3 is 10.1 Å². The van der Waals surface area contributed by atoms with Gasteiger partial charge in [0.2, 0.25) is 0 Å². The molecule has 2 rings (SSSR count). The number of aryl methyl sites for hydroxylation is 3. The number of ether oxygens (including phenoxy) is 1. The molecule has 0 fully saturated rings. The van der Waals surface area contributed by atoms with E-state index in [1.54, 1.807) is 0 Å². The van der Waals surface area contributed by atoms with E-state index < -0.39 is 0 Å². The summed E-state index contributed by atoms with van der Waals surface area (Å²) in [5.41, 5.74) is 6.23. The lowest BCUT2D eigenvalue weighted by Gasteiger charge is -2.15. The van der Waals surface area contributed by atoms with Crippen LogP contribution in [0, 0.1) is 20.8 Å². The summed E-state index contributed by atoms with van der Waals surface area (Å²) in [5.74, 6) is 0.946. The average molecular weight is 283 g/mol. The van der Waals surface area contributed by atoms with Crippen molar-refractivity contribution >= 4 is 5.69 Å². The molecule has 2 aromatic rings. The second-order valence-corrected chi connectivity index (χ2v) is 5.63. The smallest absolute Gasteiger partial charge is 0.142 e. The number of rotatable bonds is 6. The molecule has 0 aliphatic carbocycles. The second kappa shape index (κ2) is 7.16. The number of anilines is 1. The van der Waals surface area contributed by atoms with E-state index in [0.717, 1.165) is 31.0 Å². The van der Waals surface area contributed by atoms with Gasteiger partial charge in [-0.3, -0.25) is 0 Å². The van der Waals surface area contributed by atoms with Crippen molar-refractivity contribution in [2.45, 2.75) is 40.7 Å². The molecule has 0 spiro atoms. The summed E-state index contributed by atoms with van der Waals surface area (Å²) in [6.45, 7) is 10.1. The third kappa shape index (κ3) is 4.25. The molecule has 2 nitrogen and oxygen atoms in total. The predicted octanol–water partition coefficient (Wildman–Crippen LogP) is 5.01. The summed E-state index contributed by atoms with van der Waals surface area (Å²) < 4.78 is 5.85. The Morgan fingerprint density at radius 3 is 2.43 bits per heavy atom. The molecule has 0 aliphatic rings. The maximum absolute atomic E-state index is 5.85. The van der Waals surface area contributed by atoms with Gasteiger partial charge in [-0.25, -0.2) is 0 Å². The van der Waals surface area contributed by atoms with Crippen molar-refractivity contribution in [3.8, 4) is 5.75 Å². The highest BCUT2D eigenvalue weighted by atomic mass is 16.5. The highest BCUT2D eigenvalue weighted by molar-refractivity contribution is 5.58. The third-order valence-corrected chi connectivity index (χ3v) is 3.57. The Labute approximate surface area is 128 Å². The first kappa shape index (κ1) is 15.4. The Bertz CT molecular complexity index is 605. The third-order valence-electron chi connectivity index (χ3n) is 3.57. The second-order valence-electron chi connectivity index (χ2n) is 5.63. The van der Waals surface area contributed by atoms with Crippen LogP contribution < -0.4 is 10.1 Å². The van der Waals surface area contributed by atoms with Crippen molar-refractivity contribution in [2.75, 3.05) is 11.9 Å². The van der Waals surface area contributed by atoms with Crippen LogP contribution in [0.5, 0.6) is 5.75 Å². The lowest BCUT2D eigenvalue weighted by Crippen LogP contribution is -2.05. The van der Waals surface area contributed by atoms with Crippen LogP contribution in [-0.2, 0) is 6.54 Å². The topological polar surface area (TPSA) is 21.3 Å². The molecule has 1 N–H and O–H groups in total. The molecule has 0 aliphatic heterocycles. The first-order valence-electron chi connectivity index (χ1n) is 7.63. The van der Waals surface area contributed by atoms with E-state index in [9.17, 15) is 0 Å². The van der Waals surface area contributed by atoms with E-state index in [0.29, 0.717) is 0 Å². The Morgan fingerprint density at radius 1 is 0.952 bits per heavy atom. The fraction of sp³-hybridized carbons (Fsp3) is 0.368. The van der Waals surface area contributed by atoms with Gasteiger partial charge in [0.05, 0.1) is 12.3 Å². The molecule has 0 amide bonds. The van der Waals surface area contributed by atoms with Crippen LogP contribution in [0.1, 0.15) is 35.6 Å². The van der Waals surface area contributed by atoms with Gasteiger partial charge in [0, 0.05) is 6.54 Å². The van der Waals surface area contributed by atoms with Crippen LogP contribution >= 0.6 is 0 Å². The summed E-state index contributed by atoms with van der Waals surface area (Å²) in [6.07, 6.45) is 1.02. The fourth-order valence-corrected chi connectivity index (χ4v) is 2.29. The molecule has 0 unspecified atom stereocenters. The average Bonchev–Trinajstić information content (AvgIpc) is 2.47. The number of nitrogens with one attached hydrogen (secondary N) is 1. The van der Waals surface area contributed by atoms with Crippen LogP contribution in [0.3, 0.4) is 0 Å². The van der Waals surface area contributed by atoms with Gasteiger partial charge in [-0.05, 0) is 56.0 Å². The molecule has 0 aromatic heterocycles. The zero-order valence-corrected chi connectivity index (χ0v) is 13.5. The van der Waals surface area contributed by atoms with E-state index in [4.69, 9.17) is 4.74 Å². The van der Waals surface area contributed by atoms with Crippen molar-refractivity contribution < 1.29 is 4.74 Å². The van der Waals surface area contributed by atoms with Crippen molar-refractivity contribution in [3.05, 3.63) is 58.7 Å². The quantitative estimate of drug-likeness (QED) is 0.804. The fourth-order valence-electron chi connectivity index (χ4n) is 2.29. The van der Waals surface area contributed by atoms with Gasteiger partial charge in [-0.15, -0.1) is 0 Å². The molecule has 0 atom stereocenters. The Balaban J connectivity index is 2.13. The molecule has 2 aromatic carbocycles. The van der Waals surface area contributed by atoms with E-state index in [2.05, 4.69) is 69.4 Å². The Hall–Kier alpha value is -1.96. The summed E-state index contributed by atoms with van der Waals surface area (Å²) in [7, 11) is 0. The van der Waals surface area contributed by atoms with Crippen molar-refractivity contribution in [3.63, 3.8) is 0 Å². The molecule has 0 saturated carbocycles. The molecular formula is C19H25NO. The summed E-state index contributed by atoms with van der Waals surface area (Å²) in [4.78, 5) is 0. The Morgan fingerprint density at radius 2 is 1.67 bits per heavy atom. The van der Waals surface area contributed by atoms with Gasteiger partial charge in [0.15, 0.2) is 0 Å². The zero-order chi connectivity index (χ0) is 15.2. The highest BCUT2D eigenvalue weighted by Crippen LogP contribution is 2.27. The maximum atomic E-state index is 5.85.